The maximum atomic E-state index is 5.41. The molecule has 0 aliphatic heterocycles. The van der Waals surface area contributed by atoms with E-state index in [0.29, 0.717) is 12.0 Å². The number of benzene rings is 1. The van der Waals surface area contributed by atoms with Gasteiger partial charge in [0.05, 0.1) is 7.11 Å². The Morgan fingerprint density at radius 3 is 2.53 bits per heavy atom. The lowest BCUT2D eigenvalue weighted by Crippen LogP contribution is -2.31. The Hall–Kier alpha value is -1.02. The molecule has 0 bridgehead atoms. The molecule has 1 aromatic carbocycles. The fourth-order valence-corrected chi connectivity index (χ4v) is 2.22. The predicted molar refractivity (Wildman–Crippen MR) is 73.7 cm³/mol. The van der Waals surface area contributed by atoms with E-state index in [2.05, 4.69) is 44.3 Å². The number of hydrogen-bond acceptors (Lipinski definition) is 2. The van der Waals surface area contributed by atoms with Gasteiger partial charge in [-0.15, -0.1) is 0 Å². The monoisotopic (exact) mass is 235 g/mol. The Balaban J connectivity index is 2.70. The summed E-state index contributed by atoms with van der Waals surface area (Å²) in [6.45, 7) is 6.64. The van der Waals surface area contributed by atoms with Gasteiger partial charge < -0.3 is 10.1 Å². The molecule has 17 heavy (non-hydrogen) atoms. The van der Waals surface area contributed by atoms with Gasteiger partial charge in [0.1, 0.15) is 5.75 Å². The lowest BCUT2D eigenvalue weighted by Gasteiger charge is -2.20. The highest BCUT2D eigenvalue weighted by Gasteiger charge is 2.12. The molecule has 1 N–H and O–H groups in total. The summed E-state index contributed by atoms with van der Waals surface area (Å²) in [7, 11) is 3.78. The zero-order chi connectivity index (χ0) is 12.8. The Morgan fingerprint density at radius 2 is 2.00 bits per heavy atom. The van der Waals surface area contributed by atoms with Crippen LogP contribution in [0.4, 0.5) is 0 Å². The molecule has 0 saturated heterocycles. The predicted octanol–water partition coefficient (Wildman–Crippen LogP) is 3.18. The topological polar surface area (TPSA) is 21.3 Å². The third-order valence-electron chi connectivity index (χ3n) is 3.34. The van der Waals surface area contributed by atoms with Crippen molar-refractivity contribution in [1.82, 2.24) is 5.32 Å². The van der Waals surface area contributed by atoms with Gasteiger partial charge in [0.25, 0.3) is 0 Å². The molecule has 1 aromatic rings. The minimum absolute atomic E-state index is 0.570. The van der Waals surface area contributed by atoms with Gasteiger partial charge in [0.2, 0.25) is 0 Å². The van der Waals surface area contributed by atoms with Crippen LogP contribution in [0.2, 0.25) is 0 Å². The van der Waals surface area contributed by atoms with Crippen molar-refractivity contribution in [2.24, 2.45) is 5.92 Å². The average Bonchev–Trinajstić information content (AvgIpc) is 2.29. The van der Waals surface area contributed by atoms with Crippen LogP contribution in [0.5, 0.6) is 5.75 Å². The first-order chi connectivity index (χ1) is 8.08. The van der Waals surface area contributed by atoms with Crippen molar-refractivity contribution in [3.05, 3.63) is 29.3 Å². The second-order valence-corrected chi connectivity index (χ2v) is 4.99. The highest BCUT2D eigenvalue weighted by atomic mass is 16.5. The number of hydrogen-bond donors (Lipinski definition) is 1. The summed E-state index contributed by atoms with van der Waals surface area (Å²) in [6, 6.07) is 6.96. The van der Waals surface area contributed by atoms with Gasteiger partial charge in [0.15, 0.2) is 0 Å². The lowest BCUT2D eigenvalue weighted by atomic mass is 9.96. The molecule has 0 saturated carbocycles. The van der Waals surface area contributed by atoms with Crippen LogP contribution in [0.3, 0.4) is 0 Å². The van der Waals surface area contributed by atoms with Crippen LogP contribution in [-0.2, 0) is 6.42 Å². The molecule has 0 fully saturated rings. The average molecular weight is 235 g/mol. The summed E-state index contributed by atoms with van der Waals surface area (Å²) in [5, 5.41) is 3.38. The van der Waals surface area contributed by atoms with Crippen LogP contribution >= 0.6 is 0 Å². The van der Waals surface area contributed by atoms with Gasteiger partial charge in [0, 0.05) is 6.04 Å². The minimum Gasteiger partial charge on any atom is -0.496 e. The quantitative estimate of drug-likeness (QED) is 0.817. The van der Waals surface area contributed by atoms with Crippen LogP contribution in [-0.4, -0.2) is 20.2 Å². The molecule has 0 radical (unpaired) electrons. The second-order valence-electron chi connectivity index (χ2n) is 4.99. The SMILES string of the molecule is CNC(CCc1cc(C)ccc1OC)C(C)C. The van der Waals surface area contributed by atoms with E-state index in [4.69, 9.17) is 4.74 Å². The normalized spacial score (nSPS) is 12.8. The van der Waals surface area contributed by atoms with Crippen LogP contribution in [0.25, 0.3) is 0 Å². The summed E-state index contributed by atoms with van der Waals surface area (Å²) in [4.78, 5) is 0. The molecule has 1 atom stereocenters. The Labute approximate surface area is 105 Å². The fraction of sp³-hybridized carbons (Fsp3) is 0.600. The van der Waals surface area contributed by atoms with E-state index in [1.54, 1.807) is 7.11 Å². The minimum atomic E-state index is 0.570. The second kappa shape index (κ2) is 6.65. The molecular formula is C15H25NO. The molecule has 0 aliphatic carbocycles. The molecule has 2 nitrogen and oxygen atoms in total. The van der Waals surface area contributed by atoms with Crippen molar-refractivity contribution >= 4 is 0 Å². The van der Waals surface area contributed by atoms with Gasteiger partial charge in [-0.05, 0) is 44.4 Å². The summed E-state index contributed by atoms with van der Waals surface area (Å²) in [6.07, 6.45) is 2.21. The van der Waals surface area contributed by atoms with Crippen LogP contribution in [0.1, 0.15) is 31.4 Å². The van der Waals surface area contributed by atoms with Gasteiger partial charge in [-0.25, -0.2) is 0 Å². The third-order valence-corrected chi connectivity index (χ3v) is 3.34. The number of methoxy groups -OCH3 is 1. The van der Waals surface area contributed by atoms with Crippen molar-refractivity contribution in [3.63, 3.8) is 0 Å². The van der Waals surface area contributed by atoms with Crippen molar-refractivity contribution in [2.75, 3.05) is 14.2 Å². The molecule has 1 unspecified atom stereocenters. The van der Waals surface area contributed by atoms with Gasteiger partial charge in [-0.3, -0.25) is 0 Å². The first-order valence-electron chi connectivity index (χ1n) is 6.39. The first-order valence-corrected chi connectivity index (χ1v) is 6.39. The van der Waals surface area contributed by atoms with Crippen molar-refractivity contribution in [3.8, 4) is 5.75 Å². The Morgan fingerprint density at radius 1 is 1.29 bits per heavy atom. The Kier molecular flexibility index (Phi) is 5.49. The van der Waals surface area contributed by atoms with E-state index in [9.17, 15) is 0 Å². The van der Waals surface area contributed by atoms with Crippen LogP contribution in [0.15, 0.2) is 18.2 Å². The van der Waals surface area contributed by atoms with Crippen molar-refractivity contribution in [2.45, 2.75) is 39.7 Å². The standard InChI is InChI=1S/C15H25NO/c1-11(2)14(16-4)8-7-13-10-12(3)6-9-15(13)17-5/h6,9-11,14,16H,7-8H2,1-5H3. The summed E-state index contributed by atoms with van der Waals surface area (Å²) in [5.74, 6) is 1.67. The van der Waals surface area contributed by atoms with E-state index in [0.717, 1.165) is 18.6 Å². The third kappa shape index (κ3) is 4.04. The maximum Gasteiger partial charge on any atom is 0.122 e. The van der Waals surface area contributed by atoms with E-state index < -0.39 is 0 Å². The van der Waals surface area contributed by atoms with Gasteiger partial charge in [-0.2, -0.15) is 0 Å². The van der Waals surface area contributed by atoms with E-state index in [-0.39, 0.29) is 0 Å². The molecule has 0 heterocycles. The highest BCUT2D eigenvalue weighted by Crippen LogP contribution is 2.22. The van der Waals surface area contributed by atoms with Crippen LogP contribution in [0, 0.1) is 12.8 Å². The smallest absolute Gasteiger partial charge is 0.122 e. The Bertz CT molecular complexity index is 347. The summed E-state index contributed by atoms with van der Waals surface area (Å²) < 4.78 is 5.41. The molecule has 0 spiro atoms. The zero-order valence-corrected chi connectivity index (χ0v) is 11.7. The van der Waals surface area contributed by atoms with Crippen LogP contribution < -0.4 is 10.1 Å². The highest BCUT2D eigenvalue weighted by molar-refractivity contribution is 5.36. The fourth-order valence-electron chi connectivity index (χ4n) is 2.22. The molecule has 0 amide bonds. The van der Waals surface area contributed by atoms with E-state index >= 15 is 0 Å². The summed E-state index contributed by atoms with van der Waals surface area (Å²) in [5.41, 5.74) is 2.61. The molecule has 0 aromatic heterocycles. The van der Waals surface area contributed by atoms with E-state index in [1.165, 1.54) is 11.1 Å². The van der Waals surface area contributed by atoms with Gasteiger partial charge in [-0.1, -0.05) is 31.5 Å². The number of nitrogens with one attached hydrogen (secondary N) is 1. The van der Waals surface area contributed by atoms with E-state index in [1.807, 2.05) is 7.05 Å². The number of aryl methyl sites for hydroxylation is 2. The van der Waals surface area contributed by atoms with Crippen molar-refractivity contribution < 1.29 is 4.74 Å². The maximum absolute atomic E-state index is 5.41. The molecule has 96 valence electrons. The lowest BCUT2D eigenvalue weighted by molar-refractivity contribution is 0.389. The van der Waals surface area contributed by atoms with Gasteiger partial charge >= 0.3 is 0 Å². The van der Waals surface area contributed by atoms with Crippen molar-refractivity contribution in [1.29, 1.82) is 0 Å². The number of rotatable bonds is 6. The molecular weight excluding hydrogens is 210 g/mol. The first kappa shape index (κ1) is 14.0. The summed E-state index contributed by atoms with van der Waals surface area (Å²) >= 11 is 0. The molecule has 1 rings (SSSR count). The molecule has 2 heteroatoms. The number of ether oxygens (including phenoxy) is 1. The molecule has 0 aliphatic rings. The largest absolute Gasteiger partial charge is 0.496 e. The zero-order valence-electron chi connectivity index (χ0n) is 11.7.